The molecule has 0 aliphatic rings. The van der Waals surface area contributed by atoms with Gasteiger partial charge in [-0.1, -0.05) is 11.6 Å². The van der Waals surface area contributed by atoms with Crippen LogP contribution in [0.15, 0.2) is 16.9 Å². The first kappa shape index (κ1) is 11.2. The van der Waals surface area contributed by atoms with Gasteiger partial charge in [0.25, 0.3) is 5.56 Å². The summed E-state index contributed by atoms with van der Waals surface area (Å²) in [6.07, 6.45) is 0. The average Bonchev–Trinajstić information content (AvgIpc) is 2.20. The van der Waals surface area contributed by atoms with Crippen LogP contribution in [0.25, 0.3) is 10.9 Å². The number of hydrogen-bond donors (Lipinski definition) is 0. The highest BCUT2D eigenvalue weighted by molar-refractivity contribution is 14.1. The van der Waals surface area contributed by atoms with Crippen LogP contribution in [0.5, 0.6) is 0 Å². The molecule has 1 aromatic carbocycles. The minimum Gasteiger partial charge on any atom is -0.286 e. The lowest BCUT2D eigenvalue weighted by Crippen LogP contribution is -2.19. The van der Waals surface area contributed by atoms with E-state index in [0.717, 1.165) is 3.57 Å². The van der Waals surface area contributed by atoms with Crippen LogP contribution in [0.1, 0.15) is 0 Å². The normalized spacial score (nSPS) is 10.9. The molecule has 0 radical (unpaired) electrons. The van der Waals surface area contributed by atoms with Crippen molar-refractivity contribution in [2.75, 3.05) is 0 Å². The van der Waals surface area contributed by atoms with Crippen molar-refractivity contribution in [1.29, 1.82) is 0 Å². The molecule has 0 aliphatic carbocycles. The maximum Gasteiger partial charge on any atom is 0.263 e. The van der Waals surface area contributed by atoms with Crippen LogP contribution >= 0.6 is 45.8 Å². The summed E-state index contributed by atoms with van der Waals surface area (Å²) in [4.78, 5) is 16.0. The molecular weight excluding hydrogens is 350 g/mol. The second kappa shape index (κ2) is 3.92. The number of benzene rings is 1. The molecule has 0 fully saturated rings. The number of fused-ring (bicyclic) bond motifs is 1. The van der Waals surface area contributed by atoms with Gasteiger partial charge in [0.1, 0.15) is 0 Å². The highest BCUT2D eigenvalue weighted by atomic mass is 127. The molecule has 0 aliphatic heterocycles. The number of halogens is 3. The Morgan fingerprint density at radius 2 is 2.07 bits per heavy atom. The summed E-state index contributed by atoms with van der Waals surface area (Å²) in [5.41, 5.74) is 0.324. The summed E-state index contributed by atoms with van der Waals surface area (Å²) in [7, 11) is 1.56. The van der Waals surface area contributed by atoms with Crippen molar-refractivity contribution in [2.24, 2.45) is 7.05 Å². The Morgan fingerprint density at radius 1 is 1.40 bits per heavy atom. The van der Waals surface area contributed by atoms with Gasteiger partial charge in [0.15, 0.2) is 0 Å². The van der Waals surface area contributed by atoms with Gasteiger partial charge in [0.05, 0.1) is 15.9 Å². The van der Waals surface area contributed by atoms with Crippen LogP contribution in [0, 0.1) is 3.57 Å². The minimum absolute atomic E-state index is 0.160. The highest BCUT2D eigenvalue weighted by Crippen LogP contribution is 2.24. The molecule has 6 heteroatoms. The fourth-order valence-corrected chi connectivity index (χ4v) is 2.24. The molecule has 0 spiro atoms. The largest absolute Gasteiger partial charge is 0.286 e. The van der Waals surface area contributed by atoms with Crippen LogP contribution in [0.4, 0.5) is 0 Å². The van der Waals surface area contributed by atoms with Crippen molar-refractivity contribution in [2.45, 2.75) is 0 Å². The van der Waals surface area contributed by atoms with E-state index in [1.807, 2.05) is 0 Å². The standard InChI is InChI=1S/C9H5Cl2IN2O/c1-14-8(15)6-4(10)2-3-5(12)7(6)13-9(14)11/h2-3H,1H3. The van der Waals surface area contributed by atoms with Crippen LogP contribution in [0.3, 0.4) is 0 Å². The molecule has 0 saturated heterocycles. The van der Waals surface area contributed by atoms with Gasteiger partial charge >= 0.3 is 0 Å². The molecule has 3 nitrogen and oxygen atoms in total. The van der Waals surface area contributed by atoms with E-state index in [4.69, 9.17) is 23.2 Å². The van der Waals surface area contributed by atoms with Crippen molar-refractivity contribution in [1.82, 2.24) is 9.55 Å². The summed E-state index contributed by atoms with van der Waals surface area (Å²) in [5.74, 6) is 0. The predicted octanol–water partition coefficient (Wildman–Crippen LogP) is 2.84. The van der Waals surface area contributed by atoms with E-state index in [9.17, 15) is 4.79 Å². The molecule has 0 N–H and O–H groups in total. The molecule has 1 heterocycles. The van der Waals surface area contributed by atoms with Gasteiger partial charge in [-0.3, -0.25) is 9.36 Å². The number of rotatable bonds is 0. The quantitative estimate of drug-likeness (QED) is 0.538. The highest BCUT2D eigenvalue weighted by Gasteiger charge is 2.11. The van der Waals surface area contributed by atoms with Crippen molar-refractivity contribution < 1.29 is 0 Å². The molecule has 0 bridgehead atoms. The zero-order valence-electron chi connectivity index (χ0n) is 7.59. The maximum absolute atomic E-state index is 11.9. The fraction of sp³-hybridized carbons (Fsp3) is 0.111. The lowest BCUT2D eigenvalue weighted by Gasteiger charge is -2.05. The number of nitrogens with zero attached hydrogens (tertiary/aromatic N) is 2. The zero-order valence-corrected chi connectivity index (χ0v) is 11.3. The Labute approximate surface area is 109 Å². The van der Waals surface area contributed by atoms with E-state index < -0.39 is 0 Å². The molecular formula is C9H5Cl2IN2O. The van der Waals surface area contributed by atoms with E-state index in [1.165, 1.54) is 4.57 Å². The Kier molecular flexibility index (Phi) is 2.92. The lowest BCUT2D eigenvalue weighted by molar-refractivity contribution is 0.844. The van der Waals surface area contributed by atoms with Gasteiger partial charge in [0.2, 0.25) is 5.28 Å². The summed E-state index contributed by atoms with van der Waals surface area (Å²) < 4.78 is 2.12. The van der Waals surface area contributed by atoms with E-state index >= 15 is 0 Å². The summed E-state index contributed by atoms with van der Waals surface area (Å²) in [6.45, 7) is 0. The molecule has 0 atom stereocenters. The summed E-state index contributed by atoms with van der Waals surface area (Å²) in [6, 6.07) is 3.48. The molecule has 1 aromatic heterocycles. The molecule has 2 rings (SSSR count). The third kappa shape index (κ3) is 1.74. The topological polar surface area (TPSA) is 34.9 Å². The Balaban J connectivity index is 3.12. The first-order valence-corrected chi connectivity index (χ1v) is 5.86. The predicted molar refractivity (Wildman–Crippen MR) is 69.7 cm³/mol. The van der Waals surface area contributed by atoms with Gasteiger partial charge in [-0.05, 0) is 46.3 Å². The van der Waals surface area contributed by atoms with Gasteiger partial charge in [0, 0.05) is 10.6 Å². The van der Waals surface area contributed by atoms with Crippen LogP contribution in [-0.2, 0) is 7.05 Å². The molecule has 0 amide bonds. The second-order valence-electron chi connectivity index (χ2n) is 3.00. The number of aromatic nitrogens is 2. The van der Waals surface area contributed by atoms with Crippen molar-refractivity contribution in [3.05, 3.63) is 36.4 Å². The van der Waals surface area contributed by atoms with Crippen LogP contribution in [-0.4, -0.2) is 9.55 Å². The fourth-order valence-electron chi connectivity index (χ4n) is 1.27. The first-order valence-electron chi connectivity index (χ1n) is 4.02. The third-order valence-electron chi connectivity index (χ3n) is 2.08. The summed E-state index contributed by atoms with van der Waals surface area (Å²) >= 11 is 13.9. The average molecular weight is 355 g/mol. The van der Waals surface area contributed by atoms with Crippen molar-refractivity contribution in [3.63, 3.8) is 0 Å². The lowest BCUT2D eigenvalue weighted by atomic mass is 10.2. The van der Waals surface area contributed by atoms with Gasteiger partial charge in [-0.15, -0.1) is 0 Å². The van der Waals surface area contributed by atoms with Crippen molar-refractivity contribution in [3.8, 4) is 0 Å². The number of hydrogen-bond acceptors (Lipinski definition) is 2. The van der Waals surface area contributed by atoms with Crippen molar-refractivity contribution >= 4 is 56.7 Å². The van der Waals surface area contributed by atoms with Gasteiger partial charge in [-0.2, -0.15) is 0 Å². The smallest absolute Gasteiger partial charge is 0.263 e. The second-order valence-corrected chi connectivity index (χ2v) is 4.91. The Morgan fingerprint density at radius 3 is 2.73 bits per heavy atom. The Bertz CT molecular complexity index is 609. The SMILES string of the molecule is Cn1c(Cl)nc2c(I)ccc(Cl)c2c1=O. The first-order chi connectivity index (χ1) is 7.02. The van der Waals surface area contributed by atoms with Crippen LogP contribution in [0.2, 0.25) is 10.3 Å². The minimum atomic E-state index is -0.228. The van der Waals surface area contributed by atoms with E-state index in [-0.39, 0.29) is 10.8 Å². The monoisotopic (exact) mass is 354 g/mol. The van der Waals surface area contributed by atoms with Crippen LogP contribution < -0.4 is 5.56 Å². The third-order valence-corrected chi connectivity index (χ3v) is 3.60. The van der Waals surface area contributed by atoms with E-state index in [2.05, 4.69) is 27.6 Å². The Hall–Kier alpha value is -0.330. The molecule has 78 valence electrons. The zero-order chi connectivity index (χ0) is 11.2. The summed E-state index contributed by atoms with van der Waals surface area (Å²) in [5, 5.41) is 0.971. The van der Waals surface area contributed by atoms with Gasteiger partial charge < -0.3 is 0 Å². The molecule has 0 unspecified atom stereocenters. The molecule has 0 saturated carbocycles. The van der Waals surface area contributed by atoms with E-state index in [0.29, 0.717) is 15.9 Å². The van der Waals surface area contributed by atoms with E-state index in [1.54, 1.807) is 19.2 Å². The maximum atomic E-state index is 11.9. The molecule has 15 heavy (non-hydrogen) atoms. The van der Waals surface area contributed by atoms with Gasteiger partial charge in [-0.25, -0.2) is 4.98 Å². The molecule has 2 aromatic rings.